The van der Waals surface area contributed by atoms with Crippen molar-refractivity contribution >= 4 is 11.8 Å². The van der Waals surface area contributed by atoms with Crippen LogP contribution in [0.15, 0.2) is 0 Å². The van der Waals surface area contributed by atoms with Crippen LogP contribution in [0.1, 0.15) is 20.3 Å². The minimum absolute atomic E-state index is 0.201. The zero-order valence-electron chi connectivity index (χ0n) is 5.51. The molecule has 0 aromatic heterocycles. The summed E-state index contributed by atoms with van der Waals surface area (Å²) in [6.07, 6.45) is 0.201. The van der Waals surface area contributed by atoms with Crippen molar-refractivity contribution in [3.05, 3.63) is 6.61 Å². The topological polar surface area (TPSA) is 43.4 Å². The Morgan fingerprint density at radius 3 is 2.44 bits per heavy atom. The zero-order chi connectivity index (χ0) is 7.28. The standard InChI is InChI=1S/C6H9O3/c1-3-5(7)6(8)9-4-2/h4H,3H2,1-2H3. The first-order valence-electron chi connectivity index (χ1n) is 2.74. The van der Waals surface area contributed by atoms with Crippen molar-refractivity contribution < 1.29 is 14.3 Å². The Hall–Kier alpha value is -0.860. The van der Waals surface area contributed by atoms with Crippen LogP contribution in [0.2, 0.25) is 0 Å². The minimum Gasteiger partial charge on any atom is -0.453 e. The van der Waals surface area contributed by atoms with Crippen molar-refractivity contribution in [2.45, 2.75) is 20.3 Å². The summed E-state index contributed by atoms with van der Waals surface area (Å²) in [6, 6.07) is 0. The van der Waals surface area contributed by atoms with E-state index < -0.39 is 11.8 Å². The monoisotopic (exact) mass is 129 g/mol. The summed E-state index contributed by atoms with van der Waals surface area (Å²) >= 11 is 0. The van der Waals surface area contributed by atoms with E-state index in [-0.39, 0.29) is 6.42 Å². The van der Waals surface area contributed by atoms with E-state index >= 15 is 0 Å². The number of esters is 1. The second kappa shape index (κ2) is 4.06. The lowest BCUT2D eigenvalue weighted by Gasteiger charge is -1.94. The van der Waals surface area contributed by atoms with Gasteiger partial charge in [-0.1, -0.05) is 6.92 Å². The van der Waals surface area contributed by atoms with Crippen molar-refractivity contribution in [3.63, 3.8) is 0 Å². The molecule has 0 saturated heterocycles. The number of ether oxygens (including phenoxy) is 1. The number of carbonyl (C=O) groups is 2. The quantitative estimate of drug-likeness (QED) is 0.416. The van der Waals surface area contributed by atoms with Crippen LogP contribution >= 0.6 is 0 Å². The van der Waals surface area contributed by atoms with Gasteiger partial charge in [0.15, 0.2) is 0 Å². The lowest BCUT2D eigenvalue weighted by atomic mass is 10.3. The molecule has 0 bridgehead atoms. The van der Waals surface area contributed by atoms with E-state index in [1.807, 2.05) is 0 Å². The smallest absolute Gasteiger partial charge is 0.374 e. The Morgan fingerprint density at radius 1 is 1.56 bits per heavy atom. The first kappa shape index (κ1) is 8.14. The molecular weight excluding hydrogens is 120 g/mol. The third kappa shape index (κ3) is 2.85. The number of rotatable bonds is 3. The number of carbonyl (C=O) groups excluding carboxylic acids is 2. The Balaban J connectivity index is 3.60. The summed E-state index contributed by atoms with van der Waals surface area (Å²) < 4.78 is 4.28. The van der Waals surface area contributed by atoms with Gasteiger partial charge in [0.2, 0.25) is 5.78 Å². The highest BCUT2D eigenvalue weighted by atomic mass is 16.5. The van der Waals surface area contributed by atoms with Gasteiger partial charge in [0.25, 0.3) is 0 Å². The molecule has 0 rings (SSSR count). The molecule has 3 heteroatoms. The molecule has 0 N–H and O–H groups in total. The predicted molar refractivity (Wildman–Crippen MR) is 31.4 cm³/mol. The summed E-state index contributed by atoms with van der Waals surface area (Å²) in [6.45, 7) is 4.34. The van der Waals surface area contributed by atoms with Gasteiger partial charge >= 0.3 is 5.97 Å². The average Bonchev–Trinajstić information content (AvgIpc) is 1.87. The minimum atomic E-state index is -0.778. The van der Waals surface area contributed by atoms with Gasteiger partial charge in [-0.05, 0) is 6.92 Å². The normalized spacial score (nSPS) is 8.67. The molecule has 9 heavy (non-hydrogen) atoms. The second-order valence-corrected chi connectivity index (χ2v) is 1.42. The highest BCUT2D eigenvalue weighted by molar-refractivity contribution is 6.33. The van der Waals surface area contributed by atoms with E-state index in [2.05, 4.69) is 4.74 Å². The highest BCUT2D eigenvalue weighted by Crippen LogP contribution is 1.87. The summed E-state index contributed by atoms with van der Waals surface area (Å²) in [4.78, 5) is 20.8. The summed E-state index contributed by atoms with van der Waals surface area (Å²) in [7, 11) is 0. The number of hydrogen-bond donors (Lipinski definition) is 0. The van der Waals surface area contributed by atoms with Gasteiger partial charge in [0.1, 0.15) is 6.61 Å². The first-order valence-corrected chi connectivity index (χ1v) is 2.74. The Morgan fingerprint density at radius 2 is 2.11 bits per heavy atom. The van der Waals surface area contributed by atoms with Gasteiger partial charge in [0, 0.05) is 6.42 Å². The average molecular weight is 129 g/mol. The van der Waals surface area contributed by atoms with Crippen molar-refractivity contribution in [2.24, 2.45) is 0 Å². The van der Waals surface area contributed by atoms with Gasteiger partial charge < -0.3 is 4.74 Å². The third-order valence-corrected chi connectivity index (χ3v) is 0.774. The Bertz CT molecular complexity index is 117. The van der Waals surface area contributed by atoms with Crippen molar-refractivity contribution in [1.29, 1.82) is 0 Å². The lowest BCUT2D eigenvalue weighted by molar-refractivity contribution is -0.151. The molecule has 0 fully saturated rings. The molecule has 0 aromatic carbocycles. The van der Waals surface area contributed by atoms with Crippen molar-refractivity contribution in [3.8, 4) is 0 Å². The van der Waals surface area contributed by atoms with Gasteiger partial charge in [0.05, 0.1) is 0 Å². The molecule has 0 saturated carbocycles. The third-order valence-electron chi connectivity index (χ3n) is 0.774. The maximum Gasteiger partial charge on any atom is 0.374 e. The number of ketones is 1. The molecule has 0 atom stereocenters. The molecule has 51 valence electrons. The molecule has 0 amide bonds. The Labute approximate surface area is 54.0 Å². The van der Waals surface area contributed by atoms with Crippen LogP contribution in [0.25, 0.3) is 0 Å². The molecular formula is C6H9O3. The fourth-order valence-electron chi connectivity index (χ4n) is 0.317. The van der Waals surface area contributed by atoms with Crippen LogP contribution in [0.5, 0.6) is 0 Å². The molecule has 3 nitrogen and oxygen atoms in total. The summed E-state index contributed by atoms with van der Waals surface area (Å²) in [5.41, 5.74) is 0. The van der Waals surface area contributed by atoms with E-state index in [9.17, 15) is 9.59 Å². The lowest BCUT2D eigenvalue weighted by Crippen LogP contribution is -2.13. The molecule has 0 aliphatic carbocycles. The summed E-state index contributed by atoms with van der Waals surface area (Å²) in [5, 5.41) is 0. The van der Waals surface area contributed by atoms with E-state index in [0.717, 1.165) is 0 Å². The molecule has 1 radical (unpaired) electrons. The molecule has 0 aromatic rings. The van der Waals surface area contributed by atoms with Crippen LogP contribution < -0.4 is 0 Å². The van der Waals surface area contributed by atoms with Crippen LogP contribution in [-0.2, 0) is 14.3 Å². The molecule has 0 unspecified atom stereocenters. The largest absolute Gasteiger partial charge is 0.453 e. The fourth-order valence-corrected chi connectivity index (χ4v) is 0.317. The van der Waals surface area contributed by atoms with E-state index in [4.69, 9.17) is 0 Å². The van der Waals surface area contributed by atoms with Crippen molar-refractivity contribution in [2.75, 3.05) is 0 Å². The van der Waals surface area contributed by atoms with E-state index in [1.165, 1.54) is 6.61 Å². The molecule has 0 heterocycles. The predicted octanol–water partition coefficient (Wildman–Crippen LogP) is 0.690. The maximum atomic E-state index is 10.4. The number of Topliss-reactive ketones (excluding diaryl/α,β-unsaturated/α-hetero) is 1. The van der Waals surface area contributed by atoms with Gasteiger partial charge in [-0.25, -0.2) is 4.79 Å². The van der Waals surface area contributed by atoms with Gasteiger partial charge in [-0.2, -0.15) is 0 Å². The zero-order valence-corrected chi connectivity index (χ0v) is 5.51. The number of hydrogen-bond acceptors (Lipinski definition) is 3. The molecule has 0 spiro atoms. The SMILES string of the molecule is C[CH]OC(=O)C(=O)CC. The van der Waals surface area contributed by atoms with Crippen LogP contribution in [0.4, 0.5) is 0 Å². The molecule has 0 aliphatic rings. The second-order valence-electron chi connectivity index (χ2n) is 1.42. The fraction of sp³-hybridized carbons (Fsp3) is 0.500. The summed E-state index contributed by atoms with van der Waals surface area (Å²) in [5.74, 6) is -1.27. The Kier molecular flexibility index (Phi) is 3.67. The van der Waals surface area contributed by atoms with Gasteiger partial charge in [-0.3, -0.25) is 4.79 Å². The van der Waals surface area contributed by atoms with Crippen LogP contribution in [0, 0.1) is 6.61 Å². The van der Waals surface area contributed by atoms with E-state index in [0.29, 0.717) is 0 Å². The van der Waals surface area contributed by atoms with Gasteiger partial charge in [-0.15, -0.1) is 0 Å². The van der Waals surface area contributed by atoms with Crippen LogP contribution in [0.3, 0.4) is 0 Å². The molecule has 0 aliphatic heterocycles. The first-order chi connectivity index (χ1) is 4.22. The van der Waals surface area contributed by atoms with Crippen molar-refractivity contribution in [1.82, 2.24) is 0 Å². The van der Waals surface area contributed by atoms with E-state index in [1.54, 1.807) is 13.8 Å². The van der Waals surface area contributed by atoms with Crippen LogP contribution in [-0.4, -0.2) is 11.8 Å². The maximum absolute atomic E-state index is 10.4. The highest BCUT2D eigenvalue weighted by Gasteiger charge is 2.10.